The quantitative estimate of drug-likeness (QED) is 0.297. The lowest BCUT2D eigenvalue weighted by atomic mass is 10.1. The van der Waals surface area contributed by atoms with E-state index in [1.807, 2.05) is 13.8 Å². The van der Waals surface area contributed by atoms with E-state index < -0.39 is 0 Å². The summed E-state index contributed by atoms with van der Waals surface area (Å²) >= 11 is 0. The minimum atomic E-state index is -0.259. The Labute approximate surface area is 167 Å². The molecular weight excluding hydrogens is 437 g/mol. The van der Waals surface area contributed by atoms with Gasteiger partial charge in [-0.1, -0.05) is 6.92 Å². The van der Waals surface area contributed by atoms with Gasteiger partial charge in [-0.2, -0.15) is 0 Å². The molecule has 1 rings (SSSR count). The van der Waals surface area contributed by atoms with E-state index in [2.05, 4.69) is 15.6 Å². The Balaban J connectivity index is 0.00000576. The van der Waals surface area contributed by atoms with Crippen molar-refractivity contribution in [2.24, 2.45) is 10.7 Å². The monoisotopic (exact) mass is 469 g/mol. The van der Waals surface area contributed by atoms with Gasteiger partial charge >= 0.3 is 6.09 Å². The Morgan fingerprint density at radius 3 is 2.52 bits per heavy atom. The number of amides is 2. The predicted molar refractivity (Wildman–Crippen MR) is 109 cm³/mol. The second kappa shape index (κ2) is 13.0. The number of carbonyl (C=O) groups is 2. The second-order valence-electron chi connectivity index (χ2n) is 6.00. The number of ether oxygens (including phenoxy) is 1. The Kier molecular flexibility index (Phi) is 12.4. The summed E-state index contributed by atoms with van der Waals surface area (Å²) in [5.41, 5.74) is 5.86. The minimum Gasteiger partial charge on any atom is -0.450 e. The van der Waals surface area contributed by atoms with E-state index in [9.17, 15) is 9.59 Å². The molecule has 4 N–H and O–H groups in total. The molecule has 1 fully saturated rings. The summed E-state index contributed by atoms with van der Waals surface area (Å²) in [4.78, 5) is 29.2. The van der Waals surface area contributed by atoms with Gasteiger partial charge in [-0.15, -0.1) is 24.0 Å². The predicted octanol–water partition coefficient (Wildman–Crippen LogP) is 1.43. The molecule has 1 atom stereocenters. The Bertz CT molecular complexity index is 439. The van der Waals surface area contributed by atoms with Gasteiger partial charge in [0, 0.05) is 31.6 Å². The molecule has 9 heteroatoms. The standard InChI is InChI=1S/C16H31N5O3.HI/c1-4-12(3)19-14(22)6-9-18-15(17)20-13-7-10-21(11-8-13)16(23)24-5-2;/h12-13H,4-11H2,1-3H3,(H,19,22)(H3,17,18,20);1H. The number of halogens is 1. The molecule has 0 aromatic rings. The van der Waals surface area contributed by atoms with Crippen molar-refractivity contribution in [3.8, 4) is 0 Å². The van der Waals surface area contributed by atoms with Gasteiger partial charge in [0.25, 0.3) is 0 Å². The number of nitrogens with zero attached hydrogens (tertiary/aromatic N) is 2. The van der Waals surface area contributed by atoms with Gasteiger partial charge in [0.1, 0.15) is 0 Å². The van der Waals surface area contributed by atoms with E-state index in [1.54, 1.807) is 11.8 Å². The van der Waals surface area contributed by atoms with Gasteiger partial charge < -0.3 is 26.0 Å². The molecular formula is C16H32IN5O3. The summed E-state index contributed by atoms with van der Waals surface area (Å²) in [6.45, 7) is 7.83. The van der Waals surface area contributed by atoms with E-state index in [0.29, 0.717) is 38.6 Å². The molecule has 0 saturated carbocycles. The van der Waals surface area contributed by atoms with Crippen LogP contribution in [0.3, 0.4) is 0 Å². The molecule has 2 amide bonds. The van der Waals surface area contributed by atoms with Gasteiger partial charge in [-0.3, -0.25) is 9.79 Å². The number of hydrogen-bond acceptors (Lipinski definition) is 4. The van der Waals surface area contributed by atoms with Crippen LogP contribution in [0.5, 0.6) is 0 Å². The van der Waals surface area contributed by atoms with Crippen molar-refractivity contribution >= 4 is 41.9 Å². The zero-order valence-electron chi connectivity index (χ0n) is 15.4. The maximum atomic E-state index is 11.6. The highest BCUT2D eigenvalue weighted by atomic mass is 127. The molecule has 1 heterocycles. The summed E-state index contributed by atoms with van der Waals surface area (Å²) < 4.78 is 4.99. The lowest BCUT2D eigenvalue weighted by molar-refractivity contribution is -0.121. The number of nitrogens with two attached hydrogens (primary N) is 1. The highest BCUT2D eigenvalue weighted by Crippen LogP contribution is 2.11. The van der Waals surface area contributed by atoms with Crippen LogP contribution in [0.4, 0.5) is 4.79 Å². The number of guanidine groups is 1. The third-order valence-electron chi connectivity index (χ3n) is 4.01. The lowest BCUT2D eigenvalue weighted by Gasteiger charge is -2.31. The second-order valence-corrected chi connectivity index (χ2v) is 6.00. The smallest absolute Gasteiger partial charge is 0.409 e. The van der Waals surface area contributed by atoms with E-state index in [0.717, 1.165) is 19.3 Å². The fourth-order valence-corrected chi connectivity index (χ4v) is 2.40. The van der Waals surface area contributed by atoms with E-state index in [-0.39, 0.29) is 48.1 Å². The Morgan fingerprint density at radius 2 is 1.96 bits per heavy atom. The van der Waals surface area contributed by atoms with Gasteiger partial charge in [-0.25, -0.2) is 4.79 Å². The number of nitrogens with one attached hydrogen (secondary N) is 2. The molecule has 1 aliphatic heterocycles. The van der Waals surface area contributed by atoms with Crippen molar-refractivity contribution in [2.75, 3.05) is 26.2 Å². The Morgan fingerprint density at radius 1 is 1.32 bits per heavy atom. The summed E-state index contributed by atoms with van der Waals surface area (Å²) in [5, 5.41) is 6.04. The highest BCUT2D eigenvalue weighted by molar-refractivity contribution is 14.0. The topological polar surface area (TPSA) is 109 Å². The normalized spacial score (nSPS) is 16.6. The third-order valence-corrected chi connectivity index (χ3v) is 4.01. The molecule has 0 radical (unpaired) electrons. The number of aliphatic imine (C=N–C) groups is 1. The van der Waals surface area contributed by atoms with Gasteiger partial charge in [0.15, 0.2) is 5.96 Å². The van der Waals surface area contributed by atoms with Crippen LogP contribution in [0.2, 0.25) is 0 Å². The molecule has 0 aromatic heterocycles. The average Bonchev–Trinajstić information content (AvgIpc) is 2.55. The van der Waals surface area contributed by atoms with Gasteiger partial charge in [-0.05, 0) is 33.1 Å². The van der Waals surface area contributed by atoms with Crippen LogP contribution in [0, 0.1) is 0 Å². The maximum Gasteiger partial charge on any atom is 0.409 e. The van der Waals surface area contributed by atoms with E-state index >= 15 is 0 Å². The molecule has 1 aliphatic rings. The SMILES string of the molecule is CCOC(=O)N1CCC(NC(N)=NCCC(=O)NC(C)CC)CC1.I. The van der Waals surface area contributed by atoms with Crippen molar-refractivity contribution < 1.29 is 14.3 Å². The highest BCUT2D eigenvalue weighted by Gasteiger charge is 2.23. The number of hydrogen-bond donors (Lipinski definition) is 3. The summed E-state index contributed by atoms with van der Waals surface area (Å²) in [5.74, 6) is 0.338. The third kappa shape index (κ3) is 9.71. The van der Waals surface area contributed by atoms with E-state index in [4.69, 9.17) is 10.5 Å². The molecule has 0 aromatic carbocycles. The van der Waals surface area contributed by atoms with Crippen LogP contribution in [-0.4, -0.2) is 61.2 Å². The van der Waals surface area contributed by atoms with Crippen molar-refractivity contribution in [3.63, 3.8) is 0 Å². The van der Waals surface area contributed by atoms with Crippen LogP contribution in [0.15, 0.2) is 4.99 Å². The summed E-state index contributed by atoms with van der Waals surface area (Å²) in [7, 11) is 0. The van der Waals surface area contributed by atoms with Crippen LogP contribution in [0.25, 0.3) is 0 Å². The number of likely N-dealkylation sites (tertiary alicyclic amines) is 1. The van der Waals surface area contributed by atoms with Gasteiger partial charge in [0.05, 0.1) is 13.2 Å². The molecule has 0 spiro atoms. The molecule has 8 nitrogen and oxygen atoms in total. The van der Waals surface area contributed by atoms with Crippen LogP contribution >= 0.6 is 24.0 Å². The first-order chi connectivity index (χ1) is 11.5. The van der Waals surface area contributed by atoms with Crippen molar-refractivity contribution in [1.82, 2.24) is 15.5 Å². The molecule has 25 heavy (non-hydrogen) atoms. The first-order valence-electron chi connectivity index (χ1n) is 8.73. The Hall–Kier alpha value is -1.26. The molecule has 146 valence electrons. The summed E-state index contributed by atoms with van der Waals surface area (Å²) in [6, 6.07) is 0.370. The van der Waals surface area contributed by atoms with Crippen molar-refractivity contribution in [2.45, 2.75) is 58.5 Å². The molecule has 0 bridgehead atoms. The van der Waals surface area contributed by atoms with Crippen LogP contribution in [0.1, 0.15) is 46.5 Å². The number of rotatable bonds is 7. The zero-order chi connectivity index (χ0) is 17.9. The van der Waals surface area contributed by atoms with Crippen molar-refractivity contribution in [3.05, 3.63) is 0 Å². The minimum absolute atomic E-state index is 0. The van der Waals surface area contributed by atoms with Crippen LogP contribution < -0.4 is 16.4 Å². The average molecular weight is 469 g/mol. The van der Waals surface area contributed by atoms with E-state index in [1.165, 1.54) is 0 Å². The van der Waals surface area contributed by atoms with Crippen molar-refractivity contribution in [1.29, 1.82) is 0 Å². The maximum absolute atomic E-state index is 11.6. The largest absolute Gasteiger partial charge is 0.450 e. The summed E-state index contributed by atoms with van der Waals surface area (Å²) in [6.07, 6.45) is 2.56. The number of carbonyl (C=O) groups excluding carboxylic acids is 2. The first kappa shape index (κ1) is 23.7. The number of piperidine rings is 1. The zero-order valence-corrected chi connectivity index (χ0v) is 17.7. The fourth-order valence-electron chi connectivity index (χ4n) is 2.40. The lowest BCUT2D eigenvalue weighted by Crippen LogP contribution is -2.48. The van der Waals surface area contributed by atoms with Crippen LogP contribution in [-0.2, 0) is 9.53 Å². The molecule has 0 aliphatic carbocycles. The molecule has 1 unspecified atom stereocenters. The molecule has 1 saturated heterocycles. The first-order valence-corrected chi connectivity index (χ1v) is 8.73. The fraction of sp³-hybridized carbons (Fsp3) is 0.812. The van der Waals surface area contributed by atoms with Gasteiger partial charge in [0.2, 0.25) is 5.91 Å².